The van der Waals surface area contributed by atoms with E-state index in [4.69, 9.17) is 0 Å². The van der Waals surface area contributed by atoms with Crippen LogP contribution in [0, 0.1) is 17.0 Å². The lowest BCUT2D eigenvalue weighted by Gasteiger charge is -2.35. The topological polar surface area (TPSA) is 49.4 Å². The third-order valence-electron chi connectivity index (χ3n) is 4.64. The number of hydrogen-bond acceptors (Lipinski definition) is 2. The van der Waals surface area contributed by atoms with E-state index in [0.717, 1.165) is 36.2 Å². The molecule has 0 atom stereocenters. The molecule has 0 radical (unpaired) electrons. The summed E-state index contributed by atoms with van der Waals surface area (Å²) in [5.74, 6) is -2.96. The van der Waals surface area contributed by atoms with Gasteiger partial charge in [0.2, 0.25) is 11.8 Å². The fourth-order valence-electron chi connectivity index (χ4n) is 3.04. The Bertz CT molecular complexity index is 865. The van der Waals surface area contributed by atoms with Gasteiger partial charge in [0.1, 0.15) is 5.41 Å². The van der Waals surface area contributed by atoms with E-state index in [1.807, 2.05) is 24.3 Å². The van der Waals surface area contributed by atoms with Gasteiger partial charge in [0.25, 0.3) is 0 Å². The first-order valence-corrected chi connectivity index (χ1v) is 8.47. The number of aryl methyl sites for hydroxylation is 1. The molecule has 1 heterocycles. The van der Waals surface area contributed by atoms with E-state index >= 15 is 0 Å². The van der Waals surface area contributed by atoms with Crippen molar-refractivity contribution in [3.05, 3.63) is 59.7 Å². The molecule has 26 heavy (non-hydrogen) atoms. The summed E-state index contributed by atoms with van der Waals surface area (Å²) in [7, 11) is 0. The molecular weight excluding hydrogens is 338 g/mol. The van der Waals surface area contributed by atoms with E-state index in [2.05, 4.69) is 5.32 Å². The third-order valence-corrected chi connectivity index (χ3v) is 4.64. The zero-order valence-corrected chi connectivity index (χ0v) is 14.7. The van der Waals surface area contributed by atoms with Crippen LogP contribution in [0.15, 0.2) is 42.5 Å². The molecular formula is C20H20F2N2O2. The Kier molecular flexibility index (Phi) is 4.76. The van der Waals surface area contributed by atoms with E-state index in [0.29, 0.717) is 6.54 Å². The molecule has 4 nitrogen and oxygen atoms in total. The summed E-state index contributed by atoms with van der Waals surface area (Å²) in [5, 5.41) is 2.50. The normalized spacial score (nSPS) is 13.9. The lowest BCUT2D eigenvalue weighted by molar-refractivity contribution is -0.136. The third kappa shape index (κ3) is 3.31. The van der Waals surface area contributed by atoms with Crippen molar-refractivity contribution in [2.75, 3.05) is 16.8 Å². The maximum Gasteiger partial charge on any atom is 0.242 e. The average molecular weight is 358 g/mol. The van der Waals surface area contributed by atoms with Crippen LogP contribution < -0.4 is 10.2 Å². The summed E-state index contributed by atoms with van der Waals surface area (Å²) < 4.78 is 26.4. The number of nitrogens with zero attached hydrogens (tertiary/aromatic N) is 1. The van der Waals surface area contributed by atoms with Crippen molar-refractivity contribution >= 4 is 23.2 Å². The van der Waals surface area contributed by atoms with E-state index in [-0.39, 0.29) is 11.6 Å². The van der Waals surface area contributed by atoms with Gasteiger partial charge >= 0.3 is 0 Å². The number of carbonyl (C=O) groups is 2. The molecule has 0 fully saturated rings. The maximum atomic E-state index is 13.3. The van der Waals surface area contributed by atoms with Crippen LogP contribution in [0.4, 0.5) is 20.2 Å². The number of nitrogens with one attached hydrogen (secondary N) is 1. The minimum atomic E-state index is -1.37. The first-order chi connectivity index (χ1) is 12.3. The number of rotatable bonds is 3. The molecule has 1 aliphatic rings. The van der Waals surface area contributed by atoms with Gasteiger partial charge in [-0.3, -0.25) is 9.59 Å². The van der Waals surface area contributed by atoms with Crippen LogP contribution in [0.5, 0.6) is 0 Å². The molecule has 0 saturated carbocycles. The number of fused-ring (bicyclic) bond motifs is 1. The smallest absolute Gasteiger partial charge is 0.242 e. The largest absolute Gasteiger partial charge is 0.325 e. The van der Waals surface area contributed by atoms with Gasteiger partial charge in [-0.1, -0.05) is 18.2 Å². The van der Waals surface area contributed by atoms with Gasteiger partial charge in [0, 0.05) is 24.0 Å². The second-order valence-corrected chi connectivity index (χ2v) is 6.90. The van der Waals surface area contributed by atoms with Crippen molar-refractivity contribution in [1.82, 2.24) is 0 Å². The molecule has 2 aromatic carbocycles. The molecule has 136 valence electrons. The van der Waals surface area contributed by atoms with E-state index in [1.54, 1.807) is 4.90 Å². The second kappa shape index (κ2) is 6.86. The molecule has 0 saturated heterocycles. The van der Waals surface area contributed by atoms with E-state index in [9.17, 15) is 18.4 Å². The number of amides is 2. The number of benzene rings is 2. The molecule has 1 N–H and O–H groups in total. The summed E-state index contributed by atoms with van der Waals surface area (Å²) in [4.78, 5) is 27.3. The molecule has 6 heteroatoms. The predicted octanol–water partition coefficient (Wildman–Crippen LogP) is 3.91. The lowest BCUT2D eigenvalue weighted by atomic mass is 9.88. The molecule has 3 rings (SSSR count). The van der Waals surface area contributed by atoms with Gasteiger partial charge in [-0.15, -0.1) is 0 Å². The van der Waals surface area contributed by atoms with Crippen LogP contribution >= 0.6 is 0 Å². The van der Waals surface area contributed by atoms with Crippen molar-refractivity contribution < 1.29 is 18.4 Å². The van der Waals surface area contributed by atoms with Crippen molar-refractivity contribution in [2.24, 2.45) is 5.41 Å². The number of anilines is 2. The first kappa shape index (κ1) is 18.0. The van der Waals surface area contributed by atoms with Crippen LogP contribution in [0.3, 0.4) is 0 Å². The Morgan fingerprint density at radius 3 is 2.54 bits per heavy atom. The number of hydrogen-bond donors (Lipinski definition) is 1. The van der Waals surface area contributed by atoms with Crippen LogP contribution in [0.1, 0.15) is 25.8 Å². The zero-order valence-electron chi connectivity index (χ0n) is 14.7. The molecule has 0 spiro atoms. The Balaban J connectivity index is 1.82. The van der Waals surface area contributed by atoms with Crippen molar-refractivity contribution in [1.29, 1.82) is 0 Å². The van der Waals surface area contributed by atoms with Crippen LogP contribution in [-0.2, 0) is 16.0 Å². The van der Waals surface area contributed by atoms with Crippen LogP contribution in [0.2, 0.25) is 0 Å². The quantitative estimate of drug-likeness (QED) is 0.846. The molecule has 0 bridgehead atoms. The van der Waals surface area contributed by atoms with Crippen LogP contribution in [-0.4, -0.2) is 18.4 Å². The zero-order chi connectivity index (χ0) is 18.9. The highest BCUT2D eigenvalue weighted by molar-refractivity contribution is 6.15. The summed E-state index contributed by atoms with van der Waals surface area (Å²) in [6, 6.07) is 10.7. The molecule has 1 aliphatic heterocycles. The van der Waals surface area contributed by atoms with Crippen molar-refractivity contribution in [3.8, 4) is 0 Å². The van der Waals surface area contributed by atoms with Gasteiger partial charge in [-0.2, -0.15) is 0 Å². The average Bonchev–Trinajstić information content (AvgIpc) is 2.63. The standard InChI is InChI=1S/C20H20F2N2O2/c1-20(2,18(25)23-14-9-10-15(21)16(22)12-14)19(26)24-11-5-7-13-6-3-4-8-17(13)24/h3-4,6,8-10,12H,5,7,11H2,1-2H3,(H,23,25). The van der Waals surface area contributed by atoms with Crippen LogP contribution in [0.25, 0.3) is 0 Å². The van der Waals surface area contributed by atoms with Gasteiger partial charge in [-0.25, -0.2) is 8.78 Å². The molecule has 2 amide bonds. The van der Waals surface area contributed by atoms with Gasteiger partial charge in [-0.05, 0) is 50.5 Å². The molecule has 0 aromatic heterocycles. The Morgan fingerprint density at radius 1 is 1.08 bits per heavy atom. The number of para-hydroxylation sites is 1. The summed E-state index contributed by atoms with van der Waals surface area (Å²) in [6.45, 7) is 3.60. The lowest BCUT2D eigenvalue weighted by Crippen LogP contribution is -2.49. The van der Waals surface area contributed by atoms with E-state index in [1.165, 1.54) is 19.9 Å². The number of halogens is 2. The highest BCUT2D eigenvalue weighted by Crippen LogP contribution is 2.31. The van der Waals surface area contributed by atoms with Gasteiger partial charge in [0.05, 0.1) is 0 Å². The molecule has 0 unspecified atom stereocenters. The van der Waals surface area contributed by atoms with Gasteiger partial charge in [0.15, 0.2) is 11.6 Å². The molecule has 2 aromatic rings. The highest BCUT2D eigenvalue weighted by atomic mass is 19.2. The fraction of sp³-hybridized carbons (Fsp3) is 0.300. The minimum absolute atomic E-state index is 0.105. The molecule has 0 aliphatic carbocycles. The second-order valence-electron chi connectivity index (χ2n) is 6.90. The summed E-state index contributed by atoms with van der Waals surface area (Å²) >= 11 is 0. The van der Waals surface area contributed by atoms with Gasteiger partial charge < -0.3 is 10.2 Å². The Morgan fingerprint density at radius 2 is 1.81 bits per heavy atom. The van der Waals surface area contributed by atoms with E-state index < -0.39 is 23.0 Å². The minimum Gasteiger partial charge on any atom is -0.325 e. The maximum absolute atomic E-state index is 13.3. The summed E-state index contributed by atoms with van der Waals surface area (Å²) in [6.07, 6.45) is 1.71. The highest BCUT2D eigenvalue weighted by Gasteiger charge is 2.40. The SMILES string of the molecule is CC(C)(C(=O)Nc1ccc(F)c(F)c1)C(=O)N1CCCc2ccccc21. The first-order valence-electron chi connectivity index (χ1n) is 8.47. The van der Waals surface area contributed by atoms with Crippen molar-refractivity contribution in [2.45, 2.75) is 26.7 Å². The fourth-order valence-corrected chi connectivity index (χ4v) is 3.04. The summed E-state index contributed by atoms with van der Waals surface area (Å²) in [5.41, 5.74) is 0.630. The monoisotopic (exact) mass is 358 g/mol. The Hall–Kier alpha value is -2.76. The number of carbonyl (C=O) groups excluding carboxylic acids is 2. The van der Waals surface area contributed by atoms with Crippen molar-refractivity contribution in [3.63, 3.8) is 0 Å². The predicted molar refractivity (Wildman–Crippen MR) is 95.9 cm³/mol. The Labute approximate surface area is 150 Å².